The van der Waals surface area contributed by atoms with Crippen LogP contribution in [0.4, 0.5) is 5.69 Å². The Morgan fingerprint density at radius 1 is 0.909 bits per heavy atom. The lowest BCUT2D eigenvalue weighted by molar-refractivity contribution is -0.123. The molecule has 2 aliphatic carbocycles. The summed E-state index contributed by atoms with van der Waals surface area (Å²) in [5.41, 5.74) is 3.44. The van der Waals surface area contributed by atoms with Gasteiger partial charge in [-0.15, -0.1) is 12.4 Å². The number of amides is 1. The molecule has 3 fully saturated rings. The summed E-state index contributed by atoms with van der Waals surface area (Å²) in [6, 6.07) is 9.54. The molecule has 1 saturated heterocycles. The van der Waals surface area contributed by atoms with Crippen LogP contribution in [0.5, 0.6) is 0 Å². The van der Waals surface area contributed by atoms with E-state index >= 15 is 0 Å². The van der Waals surface area contributed by atoms with E-state index < -0.39 is 0 Å². The van der Waals surface area contributed by atoms with Crippen molar-refractivity contribution in [1.82, 2.24) is 10.2 Å². The van der Waals surface area contributed by atoms with Gasteiger partial charge in [0.15, 0.2) is 0 Å². The van der Waals surface area contributed by atoms with Gasteiger partial charge in [-0.1, -0.05) is 58.2 Å². The zero-order chi connectivity index (χ0) is 22.6. The minimum absolute atomic E-state index is 0. The molecule has 0 bridgehead atoms. The Kier molecular flexibility index (Phi) is 9.52. The fourth-order valence-corrected chi connectivity index (χ4v) is 6.26. The molecule has 0 unspecified atom stereocenters. The van der Waals surface area contributed by atoms with Crippen molar-refractivity contribution in [3.63, 3.8) is 0 Å². The molecule has 1 aromatic carbocycles. The summed E-state index contributed by atoms with van der Waals surface area (Å²) < 4.78 is 0. The average Bonchev–Trinajstić information content (AvgIpc) is 2.80. The van der Waals surface area contributed by atoms with E-state index in [2.05, 4.69) is 60.2 Å². The van der Waals surface area contributed by atoms with Crippen LogP contribution in [-0.2, 0) is 4.79 Å². The van der Waals surface area contributed by atoms with Crippen molar-refractivity contribution >= 4 is 24.0 Å². The minimum Gasteiger partial charge on any atom is -0.369 e. The molecular weight excluding hydrogens is 430 g/mol. The molecule has 2 saturated carbocycles. The number of piperazine rings is 1. The number of nitrogens with zero attached hydrogens (tertiary/aromatic N) is 2. The van der Waals surface area contributed by atoms with Crippen molar-refractivity contribution in [2.75, 3.05) is 37.6 Å². The van der Waals surface area contributed by atoms with Gasteiger partial charge in [0.1, 0.15) is 0 Å². The third kappa shape index (κ3) is 7.11. The first kappa shape index (κ1) is 26.3. The first-order valence-electron chi connectivity index (χ1n) is 13.3. The van der Waals surface area contributed by atoms with Gasteiger partial charge in [0, 0.05) is 37.9 Å². The number of nitrogens with one attached hydrogen (secondary N) is 1. The molecule has 1 amide bonds. The van der Waals surface area contributed by atoms with Crippen molar-refractivity contribution in [2.24, 2.45) is 11.3 Å². The van der Waals surface area contributed by atoms with Crippen LogP contribution < -0.4 is 10.2 Å². The van der Waals surface area contributed by atoms with Crippen molar-refractivity contribution in [1.29, 1.82) is 0 Å². The quantitative estimate of drug-likeness (QED) is 0.567. The Morgan fingerprint density at radius 3 is 2.18 bits per heavy atom. The first-order chi connectivity index (χ1) is 15.4. The molecule has 0 atom stereocenters. The van der Waals surface area contributed by atoms with Crippen LogP contribution in [0.2, 0.25) is 0 Å². The summed E-state index contributed by atoms with van der Waals surface area (Å²) in [6.07, 6.45) is 11.5. The Hall–Kier alpha value is -1.26. The van der Waals surface area contributed by atoms with Crippen LogP contribution >= 0.6 is 12.4 Å². The van der Waals surface area contributed by atoms with E-state index in [4.69, 9.17) is 0 Å². The van der Waals surface area contributed by atoms with Crippen LogP contribution in [0.1, 0.15) is 90.0 Å². The van der Waals surface area contributed by atoms with Gasteiger partial charge >= 0.3 is 0 Å². The maximum Gasteiger partial charge on any atom is 0.234 e. The van der Waals surface area contributed by atoms with E-state index in [1.54, 1.807) is 5.56 Å². The molecule has 33 heavy (non-hydrogen) atoms. The molecule has 4 rings (SSSR count). The molecular formula is C28H46ClN3O. The van der Waals surface area contributed by atoms with Crippen LogP contribution in [-0.4, -0.2) is 49.6 Å². The van der Waals surface area contributed by atoms with Crippen LogP contribution in [0.3, 0.4) is 0 Å². The van der Waals surface area contributed by atoms with Crippen molar-refractivity contribution < 1.29 is 4.79 Å². The second-order valence-electron chi connectivity index (χ2n) is 11.6. The second-order valence-corrected chi connectivity index (χ2v) is 11.6. The molecule has 0 spiro atoms. The van der Waals surface area contributed by atoms with Gasteiger partial charge in [-0.2, -0.15) is 0 Å². The zero-order valence-corrected chi connectivity index (χ0v) is 22.0. The van der Waals surface area contributed by atoms with Crippen molar-refractivity contribution in [3.8, 4) is 0 Å². The second kappa shape index (κ2) is 11.9. The topological polar surface area (TPSA) is 35.6 Å². The molecule has 5 heteroatoms. The van der Waals surface area contributed by atoms with Crippen LogP contribution in [0.25, 0.3) is 0 Å². The summed E-state index contributed by atoms with van der Waals surface area (Å²) in [5, 5.41) is 3.28. The molecule has 1 heterocycles. The summed E-state index contributed by atoms with van der Waals surface area (Å²) >= 11 is 0. The summed E-state index contributed by atoms with van der Waals surface area (Å²) in [4.78, 5) is 17.4. The number of halogens is 1. The SMILES string of the molecule is CC(C)(C)C1CCC(c2ccccc2N2CCN(CC(=O)NC3CCCCC3)CC2)CC1.Cl. The number of para-hydroxylation sites is 1. The van der Waals surface area contributed by atoms with E-state index in [9.17, 15) is 4.79 Å². The van der Waals surface area contributed by atoms with Gasteiger partial charge in [-0.3, -0.25) is 9.69 Å². The normalized spacial score (nSPS) is 25.4. The summed E-state index contributed by atoms with van der Waals surface area (Å²) in [5.74, 6) is 1.78. The van der Waals surface area contributed by atoms with E-state index in [0.717, 1.165) is 44.9 Å². The molecule has 0 radical (unpaired) electrons. The van der Waals surface area contributed by atoms with Gasteiger partial charge in [0.25, 0.3) is 0 Å². The van der Waals surface area contributed by atoms with Gasteiger partial charge in [0.05, 0.1) is 6.54 Å². The minimum atomic E-state index is 0. The first-order valence-corrected chi connectivity index (χ1v) is 13.3. The Labute approximate surface area is 208 Å². The Morgan fingerprint density at radius 2 is 1.55 bits per heavy atom. The lowest BCUT2D eigenvalue weighted by Gasteiger charge is -2.40. The molecule has 3 aliphatic rings. The third-order valence-electron chi connectivity index (χ3n) is 8.38. The predicted octanol–water partition coefficient (Wildman–Crippen LogP) is 6.00. The maximum atomic E-state index is 12.5. The lowest BCUT2D eigenvalue weighted by Crippen LogP contribution is -2.51. The van der Waals surface area contributed by atoms with Gasteiger partial charge in [0.2, 0.25) is 5.91 Å². The largest absolute Gasteiger partial charge is 0.369 e. The number of carbonyl (C=O) groups is 1. The maximum absolute atomic E-state index is 12.5. The highest BCUT2D eigenvalue weighted by atomic mass is 35.5. The molecule has 186 valence electrons. The average molecular weight is 476 g/mol. The number of anilines is 1. The Balaban J connectivity index is 0.00000306. The number of hydrogen-bond acceptors (Lipinski definition) is 3. The summed E-state index contributed by atoms with van der Waals surface area (Å²) in [6.45, 7) is 11.8. The standard InChI is InChI=1S/C28H45N3O.ClH/c1-28(2,3)23-15-13-22(14-16-23)25-11-7-8-12-26(25)31-19-17-30(18-20-31)21-27(32)29-24-9-5-4-6-10-24;/h7-8,11-12,22-24H,4-6,9-10,13-21H2,1-3H3,(H,29,32);1H. The van der Waals surface area contributed by atoms with Gasteiger partial charge < -0.3 is 10.2 Å². The lowest BCUT2D eigenvalue weighted by atomic mass is 9.68. The van der Waals surface area contributed by atoms with E-state index in [-0.39, 0.29) is 18.3 Å². The number of rotatable bonds is 5. The molecule has 0 aromatic heterocycles. The molecule has 1 N–H and O–H groups in total. The zero-order valence-electron chi connectivity index (χ0n) is 21.2. The molecule has 4 nitrogen and oxygen atoms in total. The highest BCUT2D eigenvalue weighted by Gasteiger charge is 2.32. The monoisotopic (exact) mass is 475 g/mol. The fraction of sp³-hybridized carbons (Fsp3) is 0.750. The number of carbonyl (C=O) groups excluding carboxylic acids is 1. The number of hydrogen-bond donors (Lipinski definition) is 1. The highest BCUT2D eigenvalue weighted by molar-refractivity contribution is 5.85. The van der Waals surface area contributed by atoms with E-state index in [1.165, 1.54) is 50.6 Å². The van der Waals surface area contributed by atoms with Crippen molar-refractivity contribution in [3.05, 3.63) is 29.8 Å². The van der Waals surface area contributed by atoms with E-state index in [1.807, 2.05) is 0 Å². The van der Waals surface area contributed by atoms with E-state index in [0.29, 0.717) is 23.9 Å². The van der Waals surface area contributed by atoms with Crippen LogP contribution in [0, 0.1) is 11.3 Å². The predicted molar refractivity (Wildman–Crippen MR) is 142 cm³/mol. The van der Waals surface area contributed by atoms with Crippen molar-refractivity contribution in [2.45, 2.75) is 90.5 Å². The smallest absolute Gasteiger partial charge is 0.234 e. The third-order valence-corrected chi connectivity index (χ3v) is 8.38. The Bertz CT molecular complexity index is 740. The summed E-state index contributed by atoms with van der Waals surface area (Å²) in [7, 11) is 0. The van der Waals surface area contributed by atoms with Crippen LogP contribution in [0.15, 0.2) is 24.3 Å². The van der Waals surface area contributed by atoms with Gasteiger partial charge in [-0.25, -0.2) is 0 Å². The fourth-order valence-electron chi connectivity index (χ4n) is 6.26. The van der Waals surface area contributed by atoms with Gasteiger partial charge in [-0.05, 0) is 67.4 Å². The highest BCUT2D eigenvalue weighted by Crippen LogP contribution is 2.45. The molecule has 1 aromatic rings. The number of benzene rings is 1. The molecule has 1 aliphatic heterocycles.